The summed E-state index contributed by atoms with van der Waals surface area (Å²) in [6, 6.07) is 59.7. The molecule has 0 fully saturated rings. The summed E-state index contributed by atoms with van der Waals surface area (Å²) in [5.74, 6) is 0. The molecule has 8 aromatic carbocycles. The van der Waals surface area contributed by atoms with Crippen molar-refractivity contribution >= 4 is 54.1 Å². The van der Waals surface area contributed by atoms with E-state index in [9.17, 15) is 0 Å². The van der Waals surface area contributed by atoms with Crippen LogP contribution in [0.15, 0.2) is 164 Å². The lowest BCUT2D eigenvalue weighted by Crippen LogP contribution is -1.94. The van der Waals surface area contributed by atoms with Crippen molar-refractivity contribution in [3.8, 4) is 27.9 Å². The SMILES string of the molecule is c1ccc(-c2cc(-c3ccc(-n4c5ccccc5c5ccccc54)cc3)cc3c4ccccc4c4ccccc4c23)cc1. The lowest BCUT2D eigenvalue weighted by Gasteiger charge is -2.17. The summed E-state index contributed by atoms with van der Waals surface area (Å²) in [5.41, 5.74) is 8.56. The van der Waals surface area contributed by atoms with Crippen molar-refractivity contribution in [1.82, 2.24) is 4.57 Å². The molecule has 0 N–H and O–H groups in total. The van der Waals surface area contributed by atoms with Gasteiger partial charge in [-0.25, -0.2) is 0 Å². The van der Waals surface area contributed by atoms with Crippen molar-refractivity contribution in [2.45, 2.75) is 0 Å². The Morgan fingerprint density at radius 3 is 1.42 bits per heavy atom. The molecule has 1 aromatic heterocycles. The van der Waals surface area contributed by atoms with E-state index in [4.69, 9.17) is 0 Å². The smallest absolute Gasteiger partial charge is 0.0541 e. The number of nitrogens with zero attached hydrogens (tertiary/aromatic N) is 1. The van der Waals surface area contributed by atoms with E-state index in [1.807, 2.05) is 0 Å². The van der Waals surface area contributed by atoms with Crippen molar-refractivity contribution in [2.24, 2.45) is 0 Å². The Morgan fingerprint density at radius 2 is 0.791 bits per heavy atom. The molecule has 200 valence electrons. The molecule has 1 heteroatoms. The standard InChI is InChI=1S/C42H27N/c1-2-12-29(13-3-1)38-26-30(27-39-34-16-5-4-14-32(34)33-15-6-7-19-37(33)42(38)39)28-22-24-31(25-23-28)43-40-20-10-8-17-35(40)36-18-9-11-21-41(36)43/h1-27H. The minimum atomic E-state index is 1.17. The van der Waals surface area contributed by atoms with E-state index in [0.717, 1.165) is 0 Å². The molecule has 9 aromatic rings. The molecular weight excluding hydrogens is 518 g/mol. The molecule has 0 aliphatic rings. The van der Waals surface area contributed by atoms with Crippen LogP contribution >= 0.6 is 0 Å². The highest BCUT2D eigenvalue weighted by atomic mass is 15.0. The minimum absolute atomic E-state index is 1.17. The van der Waals surface area contributed by atoms with E-state index < -0.39 is 0 Å². The Balaban J connectivity index is 1.30. The van der Waals surface area contributed by atoms with Gasteiger partial charge in [0, 0.05) is 16.5 Å². The van der Waals surface area contributed by atoms with Gasteiger partial charge in [-0.15, -0.1) is 0 Å². The van der Waals surface area contributed by atoms with Gasteiger partial charge in [0.05, 0.1) is 11.0 Å². The van der Waals surface area contributed by atoms with Crippen LogP contribution in [0.1, 0.15) is 0 Å². The molecule has 0 aliphatic carbocycles. The summed E-state index contributed by atoms with van der Waals surface area (Å²) in [5, 5.41) is 10.3. The lowest BCUT2D eigenvalue weighted by atomic mass is 9.87. The van der Waals surface area contributed by atoms with Gasteiger partial charge in [-0.2, -0.15) is 0 Å². The fourth-order valence-electron chi connectivity index (χ4n) is 7.05. The number of rotatable bonds is 3. The predicted octanol–water partition coefficient (Wildman–Crippen LogP) is 11.6. The van der Waals surface area contributed by atoms with E-state index in [1.54, 1.807) is 0 Å². The van der Waals surface area contributed by atoms with Gasteiger partial charge >= 0.3 is 0 Å². The van der Waals surface area contributed by atoms with E-state index >= 15 is 0 Å². The van der Waals surface area contributed by atoms with Crippen molar-refractivity contribution < 1.29 is 0 Å². The van der Waals surface area contributed by atoms with E-state index in [-0.39, 0.29) is 0 Å². The van der Waals surface area contributed by atoms with Crippen LogP contribution in [0.4, 0.5) is 0 Å². The highest BCUT2D eigenvalue weighted by Crippen LogP contribution is 2.43. The quantitative estimate of drug-likeness (QED) is 0.195. The number of aromatic nitrogens is 1. The van der Waals surface area contributed by atoms with E-state index in [0.29, 0.717) is 0 Å². The molecular formula is C42H27N. The van der Waals surface area contributed by atoms with Crippen LogP contribution in [-0.2, 0) is 0 Å². The average Bonchev–Trinajstić information content (AvgIpc) is 3.43. The third-order valence-corrected chi connectivity index (χ3v) is 8.97. The summed E-state index contributed by atoms with van der Waals surface area (Å²) in [7, 11) is 0. The minimum Gasteiger partial charge on any atom is -0.309 e. The van der Waals surface area contributed by atoms with Gasteiger partial charge in [0.2, 0.25) is 0 Å². The average molecular weight is 546 g/mol. The topological polar surface area (TPSA) is 4.93 Å². The van der Waals surface area contributed by atoms with Crippen LogP contribution in [-0.4, -0.2) is 4.57 Å². The van der Waals surface area contributed by atoms with Crippen molar-refractivity contribution in [2.75, 3.05) is 0 Å². The second-order valence-corrected chi connectivity index (χ2v) is 11.3. The molecule has 0 amide bonds. The molecule has 0 atom stereocenters. The Bertz CT molecular complexity index is 2430. The first kappa shape index (κ1) is 24.0. The van der Waals surface area contributed by atoms with Crippen LogP contribution in [0.25, 0.3) is 82.1 Å². The van der Waals surface area contributed by atoms with Gasteiger partial charge < -0.3 is 4.57 Å². The highest BCUT2D eigenvalue weighted by molar-refractivity contribution is 6.29. The number of fused-ring (bicyclic) bond motifs is 9. The fourth-order valence-corrected chi connectivity index (χ4v) is 7.05. The number of para-hydroxylation sites is 2. The third-order valence-electron chi connectivity index (χ3n) is 8.97. The first-order valence-corrected chi connectivity index (χ1v) is 14.9. The van der Waals surface area contributed by atoms with Gasteiger partial charge in [-0.3, -0.25) is 0 Å². The maximum absolute atomic E-state index is 2.39. The Labute approximate surface area is 249 Å². The first-order chi connectivity index (χ1) is 21.3. The van der Waals surface area contributed by atoms with Gasteiger partial charge in [0.15, 0.2) is 0 Å². The Kier molecular flexibility index (Phi) is 5.27. The van der Waals surface area contributed by atoms with Crippen LogP contribution in [0, 0.1) is 0 Å². The van der Waals surface area contributed by atoms with Gasteiger partial charge in [0.1, 0.15) is 0 Å². The summed E-state index contributed by atoms with van der Waals surface area (Å²) < 4.78 is 2.38. The summed E-state index contributed by atoms with van der Waals surface area (Å²) in [6.07, 6.45) is 0. The summed E-state index contributed by atoms with van der Waals surface area (Å²) in [6.45, 7) is 0. The lowest BCUT2D eigenvalue weighted by molar-refractivity contribution is 1.18. The molecule has 0 bridgehead atoms. The summed E-state index contributed by atoms with van der Waals surface area (Å²) in [4.78, 5) is 0. The maximum Gasteiger partial charge on any atom is 0.0541 e. The zero-order valence-corrected chi connectivity index (χ0v) is 23.5. The Hall–Kier alpha value is -5.66. The van der Waals surface area contributed by atoms with Gasteiger partial charge in [-0.05, 0) is 91.0 Å². The van der Waals surface area contributed by atoms with E-state index in [1.165, 1.54) is 82.1 Å². The van der Waals surface area contributed by atoms with Crippen molar-refractivity contribution in [3.05, 3.63) is 164 Å². The van der Waals surface area contributed by atoms with Crippen LogP contribution in [0.2, 0.25) is 0 Å². The van der Waals surface area contributed by atoms with E-state index in [2.05, 4.69) is 168 Å². The number of benzene rings is 8. The first-order valence-electron chi connectivity index (χ1n) is 14.9. The van der Waals surface area contributed by atoms with Gasteiger partial charge in [-0.1, -0.05) is 127 Å². The second-order valence-electron chi connectivity index (χ2n) is 11.3. The van der Waals surface area contributed by atoms with Crippen LogP contribution in [0.3, 0.4) is 0 Å². The molecule has 1 nitrogen and oxygen atoms in total. The molecule has 1 heterocycles. The van der Waals surface area contributed by atoms with Crippen molar-refractivity contribution in [1.29, 1.82) is 0 Å². The molecule has 0 saturated carbocycles. The third kappa shape index (κ3) is 3.65. The summed E-state index contributed by atoms with van der Waals surface area (Å²) >= 11 is 0. The monoisotopic (exact) mass is 545 g/mol. The normalized spacial score (nSPS) is 11.7. The van der Waals surface area contributed by atoms with Crippen LogP contribution in [0.5, 0.6) is 0 Å². The molecule has 0 unspecified atom stereocenters. The van der Waals surface area contributed by atoms with Crippen molar-refractivity contribution in [3.63, 3.8) is 0 Å². The highest BCUT2D eigenvalue weighted by Gasteiger charge is 2.16. The maximum atomic E-state index is 2.39. The predicted molar refractivity (Wildman–Crippen MR) is 184 cm³/mol. The number of hydrogen-bond acceptors (Lipinski definition) is 0. The molecule has 0 saturated heterocycles. The Morgan fingerprint density at radius 1 is 0.302 bits per heavy atom. The molecule has 0 spiro atoms. The van der Waals surface area contributed by atoms with Gasteiger partial charge in [0.25, 0.3) is 0 Å². The van der Waals surface area contributed by atoms with Crippen LogP contribution < -0.4 is 0 Å². The second kappa shape index (κ2) is 9.44. The zero-order chi connectivity index (χ0) is 28.3. The molecule has 43 heavy (non-hydrogen) atoms. The molecule has 0 radical (unpaired) electrons. The number of hydrogen-bond donors (Lipinski definition) is 0. The molecule has 9 rings (SSSR count). The zero-order valence-electron chi connectivity index (χ0n) is 23.5. The molecule has 0 aliphatic heterocycles. The fraction of sp³-hybridized carbons (Fsp3) is 0. The largest absolute Gasteiger partial charge is 0.309 e.